The number of carbonyl (C=O) groups is 3. The van der Waals surface area contributed by atoms with Crippen LogP contribution in [-0.2, 0) is 9.53 Å². The van der Waals surface area contributed by atoms with Crippen molar-refractivity contribution in [1.29, 1.82) is 0 Å². The Labute approximate surface area is 204 Å². The molecule has 0 fully saturated rings. The number of rotatable bonds is 7. The molecule has 2 amide bonds. The second kappa shape index (κ2) is 10.4. The Morgan fingerprint density at radius 2 is 1.62 bits per heavy atom. The lowest BCUT2D eigenvalue weighted by Gasteiger charge is -2.14. The van der Waals surface area contributed by atoms with Crippen molar-refractivity contribution in [2.24, 2.45) is 0 Å². The Kier molecular flexibility index (Phi) is 7.08. The van der Waals surface area contributed by atoms with Crippen molar-refractivity contribution in [3.63, 3.8) is 0 Å². The first kappa shape index (κ1) is 23.3. The summed E-state index contributed by atoms with van der Waals surface area (Å²) in [6, 6.07) is 20.5. The van der Waals surface area contributed by atoms with Crippen LogP contribution in [0, 0.1) is 0 Å². The maximum Gasteiger partial charge on any atom is 0.407 e. The smallest absolute Gasteiger partial charge is 0.407 e. The Hall–Kier alpha value is -3.91. The highest BCUT2D eigenvalue weighted by Crippen LogP contribution is 2.44. The minimum atomic E-state index is -1.09. The van der Waals surface area contributed by atoms with E-state index < -0.39 is 18.0 Å². The number of alkyl carbamates (subject to hydrolysis) is 1. The molecule has 3 aromatic rings. The van der Waals surface area contributed by atoms with Crippen molar-refractivity contribution in [1.82, 2.24) is 5.32 Å². The Balaban J connectivity index is 1.27. The van der Waals surface area contributed by atoms with Crippen LogP contribution < -0.4 is 10.6 Å². The molecule has 8 heteroatoms. The van der Waals surface area contributed by atoms with E-state index >= 15 is 0 Å². The van der Waals surface area contributed by atoms with Gasteiger partial charge in [-0.15, -0.1) is 0 Å². The van der Waals surface area contributed by atoms with Gasteiger partial charge in [0.05, 0.1) is 11.3 Å². The molecule has 4 rings (SSSR count). The van der Waals surface area contributed by atoms with Crippen molar-refractivity contribution in [3.05, 3.63) is 100 Å². The maximum atomic E-state index is 12.2. The summed E-state index contributed by atoms with van der Waals surface area (Å²) in [4.78, 5) is 35.4. The first-order valence-corrected chi connectivity index (χ1v) is 11.3. The molecule has 0 saturated heterocycles. The number of ether oxygens (including phenoxy) is 1. The highest BCUT2D eigenvalue weighted by Gasteiger charge is 2.28. The molecule has 34 heavy (non-hydrogen) atoms. The fourth-order valence-electron chi connectivity index (χ4n) is 3.89. The van der Waals surface area contributed by atoms with Crippen molar-refractivity contribution < 1.29 is 24.2 Å². The second-order valence-electron chi connectivity index (χ2n) is 7.60. The molecule has 0 atom stereocenters. The number of carboxylic acid groups (broad SMARTS) is 1. The fraction of sp³-hybridized carbons (Fsp3) is 0.115. The van der Waals surface area contributed by atoms with Gasteiger partial charge in [0.25, 0.3) is 0 Å². The van der Waals surface area contributed by atoms with Crippen LogP contribution in [0.5, 0.6) is 0 Å². The molecule has 0 bridgehead atoms. The van der Waals surface area contributed by atoms with Crippen LogP contribution in [0.25, 0.3) is 11.1 Å². The van der Waals surface area contributed by atoms with Crippen LogP contribution in [0.3, 0.4) is 0 Å². The molecule has 0 aliphatic heterocycles. The zero-order valence-electron chi connectivity index (χ0n) is 18.0. The van der Waals surface area contributed by atoms with E-state index in [4.69, 9.17) is 9.84 Å². The van der Waals surface area contributed by atoms with Crippen molar-refractivity contribution in [2.75, 3.05) is 18.5 Å². The molecule has 3 N–H and O–H groups in total. The van der Waals surface area contributed by atoms with Gasteiger partial charge in [-0.2, -0.15) is 0 Å². The van der Waals surface area contributed by atoms with Crippen LogP contribution in [0.1, 0.15) is 27.4 Å². The van der Waals surface area contributed by atoms with E-state index in [1.807, 2.05) is 36.4 Å². The van der Waals surface area contributed by atoms with E-state index in [1.165, 1.54) is 24.3 Å². The third-order valence-electron chi connectivity index (χ3n) is 5.45. The predicted octanol–water partition coefficient (Wildman–Crippen LogP) is 5.18. The van der Waals surface area contributed by atoms with Gasteiger partial charge in [0.1, 0.15) is 6.61 Å². The standard InChI is InChI=1S/C26H21BrN2O5/c27-22-12-11-16(25(31)32)14-23(22)29-24(30)10-5-13-28-26(33)34-15-21-19-8-3-1-6-17(19)18-7-2-4-9-20(18)21/h1-12,14,21H,13,15H2,(H,28,33)(H,29,30)(H,31,32)/b10-5+. The quantitative estimate of drug-likeness (QED) is 0.372. The highest BCUT2D eigenvalue weighted by atomic mass is 79.9. The van der Waals surface area contributed by atoms with Gasteiger partial charge < -0.3 is 20.5 Å². The lowest BCUT2D eigenvalue weighted by Crippen LogP contribution is -2.26. The lowest BCUT2D eigenvalue weighted by molar-refractivity contribution is -0.111. The summed E-state index contributed by atoms with van der Waals surface area (Å²) in [5, 5.41) is 14.3. The van der Waals surface area contributed by atoms with Crippen molar-refractivity contribution in [2.45, 2.75) is 5.92 Å². The first-order chi connectivity index (χ1) is 16.4. The SMILES string of the molecule is O=C(/C=C/CNC(=O)OCC1c2ccccc2-c2ccccc21)Nc1cc(C(=O)O)ccc1Br. The number of hydrogen-bond donors (Lipinski definition) is 3. The molecule has 7 nitrogen and oxygen atoms in total. The van der Waals surface area contributed by atoms with Crippen LogP contribution in [0.2, 0.25) is 0 Å². The van der Waals surface area contributed by atoms with Gasteiger partial charge in [0.2, 0.25) is 5.91 Å². The Morgan fingerprint density at radius 1 is 0.971 bits per heavy atom. The minimum absolute atomic E-state index is 0.0283. The molecule has 0 saturated carbocycles. The fourth-order valence-corrected chi connectivity index (χ4v) is 4.23. The van der Waals surface area contributed by atoms with Crippen molar-refractivity contribution >= 4 is 39.6 Å². The van der Waals surface area contributed by atoms with Gasteiger partial charge in [-0.25, -0.2) is 9.59 Å². The molecule has 0 aromatic heterocycles. The molecular weight excluding hydrogens is 500 g/mol. The molecular formula is C26H21BrN2O5. The summed E-state index contributed by atoms with van der Waals surface area (Å²) in [6.45, 7) is 0.304. The number of fused-ring (bicyclic) bond motifs is 3. The highest BCUT2D eigenvalue weighted by molar-refractivity contribution is 9.10. The second-order valence-corrected chi connectivity index (χ2v) is 8.45. The Morgan fingerprint density at radius 3 is 2.26 bits per heavy atom. The van der Waals surface area contributed by atoms with E-state index in [0.29, 0.717) is 10.2 Å². The largest absolute Gasteiger partial charge is 0.478 e. The summed E-state index contributed by atoms with van der Waals surface area (Å²) in [5.74, 6) is -1.58. The normalized spacial score (nSPS) is 12.1. The third-order valence-corrected chi connectivity index (χ3v) is 6.14. The third kappa shape index (κ3) is 5.18. The number of aromatic carboxylic acids is 1. The zero-order valence-corrected chi connectivity index (χ0v) is 19.5. The summed E-state index contributed by atoms with van der Waals surface area (Å²) in [5.41, 5.74) is 4.96. The van der Waals surface area contributed by atoms with E-state index in [0.717, 1.165) is 22.3 Å². The van der Waals surface area contributed by atoms with E-state index in [9.17, 15) is 14.4 Å². The number of benzene rings is 3. The molecule has 0 unspecified atom stereocenters. The number of halogens is 1. The molecule has 1 aliphatic carbocycles. The molecule has 172 valence electrons. The number of carboxylic acids is 1. The summed E-state index contributed by atoms with van der Waals surface area (Å²) >= 11 is 3.27. The number of amides is 2. The van der Waals surface area contributed by atoms with Crippen LogP contribution >= 0.6 is 15.9 Å². The van der Waals surface area contributed by atoms with Gasteiger partial charge in [0.15, 0.2) is 0 Å². The number of hydrogen-bond acceptors (Lipinski definition) is 4. The van der Waals surface area contributed by atoms with E-state index in [2.05, 4.69) is 38.7 Å². The van der Waals surface area contributed by atoms with Gasteiger partial charge in [-0.3, -0.25) is 4.79 Å². The summed E-state index contributed by atoms with van der Waals surface area (Å²) in [6.07, 6.45) is 2.15. The van der Waals surface area contributed by atoms with E-state index in [1.54, 1.807) is 6.07 Å². The van der Waals surface area contributed by atoms with Gasteiger partial charge in [-0.05, 0) is 56.4 Å². The monoisotopic (exact) mass is 520 g/mol. The number of nitrogens with one attached hydrogen (secondary N) is 2. The van der Waals surface area contributed by atoms with Crippen molar-refractivity contribution in [3.8, 4) is 11.1 Å². The molecule has 0 radical (unpaired) electrons. The first-order valence-electron chi connectivity index (χ1n) is 10.5. The molecule has 1 aliphatic rings. The topological polar surface area (TPSA) is 105 Å². The lowest BCUT2D eigenvalue weighted by atomic mass is 9.98. The molecule has 3 aromatic carbocycles. The zero-order chi connectivity index (χ0) is 24.1. The summed E-state index contributed by atoms with van der Waals surface area (Å²) in [7, 11) is 0. The van der Waals surface area contributed by atoms with Gasteiger partial charge >= 0.3 is 12.1 Å². The van der Waals surface area contributed by atoms with E-state index in [-0.39, 0.29) is 24.6 Å². The molecule has 0 spiro atoms. The van der Waals surface area contributed by atoms with Crippen LogP contribution in [-0.4, -0.2) is 36.2 Å². The average Bonchev–Trinajstić information content (AvgIpc) is 3.15. The van der Waals surface area contributed by atoms with Gasteiger partial charge in [0, 0.05) is 23.0 Å². The summed E-state index contributed by atoms with van der Waals surface area (Å²) < 4.78 is 6.00. The van der Waals surface area contributed by atoms with Crippen LogP contribution in [0.15, 0.2) is 83.4 Å². The van der Waals surface area contributed by atoms with Gasteiger partial charge in [-0.1, -0.05) is 54.6 Å². The maximum absolute atomic E-state index is 12.2. The number of carbonyl (C=O) groups excluding carboxylic acids is 2. The Bertz CT molecular complexity index is 1240. The predicted molar refractivity (Wildman–Crippen MR) is 132 cm³/mol. The van der Waals surface area contributed by atoms with Crippen LogP contribution in [0.4, 0.5) is 10.5 Å². The number of anilines is 1. The average molecular weight is 521 g/mol. The minimum Gasteiger partial charge on any atom is -0.478 e. The molecule has 0 heterocycles.